The second kappa shape index (κ2) is 11.5. The van der Waals surface area contributed by atoms with E-state index in [1.54, 1.807) is 19.9 Å². The predicted octanol–water partition coefficient (Wildman–Crippen LogP) is 4.88. The molecule has 3 rings (SSSR count). The third-order valence-corrected chi connectivity index (χ3v) is 6.49. The number of aromatic nitrogens is 1. The van der Waals surface area contributed by atoms with Crippen molar-refractivity contribution in [2.45, 2.75) is 49.6 Å². The van der Waals surface area contributed by atoms with Crippen molar-refractivity contribution in [1.82, 2.24) is 10.3 Å². The number of nitriles is 1. The summed E-state index contributed by atoms with van der Waals surface area (Å²) in [5.41, 5.74) is 1.26. The third kappa shape index (κ3) is 7.12. The zero-order valence-corrected chi connectivity index (χ0v) is 21.1. The van der Waals surface area contributed by atoms with Gasteiger partial charge in [-0.1, -0.05) is 35.9 Å². The molecule has 1 heterocycles. The molecule has 0 saturated carbocycles. The highest BCUT2D eigenvalue weighted by atomic mass is 35.5. The number of benzene rings is 2. The SMILES string of the molecule is CC(NC(=O)C(C)(C)Oc1ccc(S(=O)O)cn1)C(Cc1ccc(Cl)cc1)c1cccc(C#N)c1. The van der Waals surface area contributed by atoms with Crippen LogP contribution in [0.15, 0.2) is 71.8 Å². The molecule has 0 aliphatic rings. The first-order chi connectivity index (χ1) is 16.6. The number of carbonyl (C=O) groups excluding carboxylic acids is 1. The van der Waals surface area contributed by atoms with Gasteiger partial charge in [0.05, 0.1) is 16.5 Å². The van der Waals surface area contributed by atoms with Gasteiger partial charge in [0.15, 0.2) is 16.7 Å². The Hall–Kier alpha value is -3.25. The van der Waals surface area contributed by atoms with Gasteiger partial charge in [-0.2, -0.15) is 5.26 Å². The molecule has 0 aliphatic heterocycles. The summed E-state index contributed by atoms with van der Waals surface area (Å²) in [7, 11) is 0. The third-order valence-electron chi connectivity index (χ3n) is 5.59. The Morgan fingerprint density at radius 2 is 1.94 bits per heavy atom. The van der Waals surface area contributed by atoms with Crippen LogP contribution in [-0.2, 0) is 22.3 Å². The molecule has 3 unspecified atom stereocenters. The molecule has 9 heteroatoms. The van der Waals surface area contributed by atoms with Gasteiger partial charge in [0.1, 0.15) is 0 Å². The number of halogens is 1. The Morgan fingerprint density at radius 1 is 1.23 bits per heavy atom. The number of amides is 1. The largest absolute Gasteiger partial charge is 0.462 e. The molecule has 7 nitrogen and oxygen atoms in total. The molecule has 0 bridgehead atoms. The molecule has 1 amide bonds. The fourth-order valence-corrected chi connectivity index (χ4v) is 4.07. The average molecular weight is 512 g/mol. The first-order valence-corrected chi connectivity index (χ1v) is 12.4. The molecule has 3 aromatic rings. The molecule has 0 fully saturated rings. The van der Waals surface area contributed by atoms with E-state index in [1.165, 1.54) is 18.3 Å². The lowest BCUT2D eigenvalue weighted by molar-refractivity contribution is -0.135. The van der Waals surface area contributed by atoms with Gasteiger partial charge in [0, 0.05) is 29.2 Å². The minimum atomic E-state index is -2.15. The first kappa shape index (κ1) is 26.4. The van der Waals surface area contributed by atoms with Gasteiger partial charge in [0.25, 0.3) is 5.91 Å². The van der Waals surface area contributed by atoms with Gasteiger partial charge in [-0.05, 0) is 68.7 Å². The van der Waals surface area contributed by atoms with Crippen molar-refractivity contribution in [2.24, 2.45) is 0 Å². The number of nitrogens with one attached hydrogen (secondary N) is 1. The molecule has 2 aromatic carbocycles. The summed E-state index contributed by atoms with van der Waals surface area (Å²) in [6, 6.07) is 19.6. The zero-order chi connectivity index (χ0) is 25.6. The van der Waals surface area contributed by atoms with Crippen LogP contribution in [0.3, 0.4) is 0 Å². The summed E-state index contributed by atoms with van der Waals surface area (Å²) >= 11 is 3.89. The van der Waals surface area contributed by atoms with E-state index in [1.807, 2.05) is 49.4 Å². The van der Waals surface area contributed by atoms with Gasteiger partial charge in [0.2, 0.25) is 5.88 Å². The summed E-state index contributed by atoms with van der Waals surface area (Å²) in [6.07, 6.45) is 1.85. The van der Waals surface area contributed by atoms with E-state index in [-0.39, 0.29) is 28.6 Å². The number of pyridine rings is 1. The molecule has 0 radical (unpaired) electrons. The fraction of sp³-hybridized carbons (Fsp3) is 0.269. The monoisotopic (exact) mass is 511 g/mol. The Bertz CT molecular complexity index is 1240. The Morgan fingerprint density at radius 3 is 2.54 bits per heavy atom. The van der Waals surface area contributed by atoms with Crippen molar-refractivity contribution in [2.75, 3.05) is 0 Å². The molecular formula is C26H26ClN3O4S. The van der Waals surface area contributed by atoms with E-state index < -0.39 is 16.7 Å². The van der Waals surface area contributed by atoms with E-state index in [4.69, 9.17) is 20.9 Å². The first-order valence-electron chi connectivity index (χ1n) is 10.9. The van der Waals surface area contributed by atoms with Crippen molar-refractivity contribution >= 4 is 28.6 Å². The molecule has 0 spiro atoms. The van der Waals surface area contributed by atoms with E-state index in [0.29, 0.717) is 17.0 Å². The summed E-state index contributed by atoms with van der Waals surface area (Å²) in [6.45, 7) is 5.16. The van der Waals surface area contributed by atoms with Gasteiger partial charge in [-0.3, -0.25) is 4.79 Å². The minimum absolute atomic E-state index is 0.124. The van der Waals surface area contributed by atoms with E-state index in [9.17, 15) is 14.3 Å². The maximum absolute atomic E-state index is 13.2. The lowest BCUT2D eigenvalue weighted by atomic mass is 9.85. The van der Waals surface area contributed by atoms with Crippen LogP contribution in [0.4, 0.5) is 0 Å². The summed E-state index contributed by atoms with van der Waals surface area (Å²) in [5, 5.41) is 13.0. The number of nitrogens with zero attached hydrogens (tertiary/aromatic N) is 2. The van der Waals surface area contributed by atoms with E-state index in [0.717, 1.165) is 11.1 Å². The molecule has 0 saturated heterocycles. The van der Waals surface area contributed by atoms with E-state index >= 15 is 0 Å². The second-order valence-corrected chi connectivity index (χ2v) is 10.0. The highest BCUT2D eigenvalue weighted by molar-refractivity contribution is 7.79. The predicted molar refractivity (Wildman–Crippen MR) is 135 cm³/mol. The topological polar surface area (TPSA) is 112 Å². The normalized spacial score (nSPS) is 13.8. The Balaban J connectivity index is 1.79. The van der Waals surface area contributed by atoms with Crippen LogP contribution in [0.2, 0.25) is 5.02 Å². The summed E-state index contributed by atoms with van der Waals surface area (Å²) in [4.78, 5) is 17.3. The molecule has 3 atom stereocenters. The van der Waals surface area contributed by atoms with Crippen LogP contribution in [-0.4, -0.2) is 31.3 Å². The second-order valence-electron chi connectivity index (χ2n) is 8.63. The maximum Gasteiger partial charge on any atom is 0.263 e. The van der Waals surface area contributed by atoms with Crippen molar-refractivity contribution in [3.63, 3.8) is 0 Å². The van der Waals surface area contributed by atoms with Crippen molar-refractivity contribution in [3.05, 3.63) is 88.6 Å². The van der Waals surface area contributed by atoms with Crippen molar-refractivity contribution < 1.29 is 18.3 Å². The summed E-state index contributed by atoms with van der Waals surface area (Å²) < 4.78 is 26.1. The zero-order valence-electron chi connectivity index (χ0n) is 19.6. The standard InChI is InChI=1S/C26H26ClN3O4S/c1-17(30-25(31)26(2,3)34-24-12-11-22(16-29-24)35(32)33)23(14-18-7-9-21(27)10-8-18)20-6-4-5-19(13-20)15-28/h4-13,16-17,23H,14H2,1-3H3,(H,30,31)(H,32,33). The van der Waals surface area contributed by atoms with Crippen LogP contribution < -0.4 is 10.1 Å². The van der Waals surface area contributed by atoms with Crippen molar-refractivity contribution in [1.29, 1.82) is 5.26 Å². The molecule has 182 valence electrons. The number of rotatable bonds is 9. The highest BCUT2D eigenvalue weighted by Crippen LogP contribution is 2.27. The van der Waals surface area contributed by atoms with Gasteiger partial charge >= 0.3 is 0 Å². The van der Waals surface area contributed by atoms with Gasteiger partial charge in [-0.25, -0.2) is 9.19 Å². The lowest BCUT2D eigenvalue weighted by Crippen LogP contribution is -2.51. The number of carbonyl (C=O) groups is 1. The summed E-state index contributed by atoms with van der Waals surface area (Å²) in [5.74, 6) is -0.313. The fourth-order valence-electron chi connectivity index (χ4n) is 3.62. The van der Waals surface area contributed by atoms with Crippen LogP contribution in [0.5, 0.6) is 5.88 Å². The Kier molecular flexibility index (Phi) is 8.62. The van der Waals surface area contributed by atoms with Crippen LogP contribution in [0, 0.1) is 11.3 Å². The minimum Gasteiger partial charge on any atom is -0.462 e. The highest BCUT2D eigenvalue weighted by Gasteiger charge is 2.33. The average Bonchev–Trinajstić information content (AvgIpc) is 2.83. The van der Waals surface area contributed by atoms with E-state index in [2.05, 4.69) is 16.4 Å². The van der Waals surface area contributed by atoms with Gasteiger partial charge in [-0.15, -0.1) is 0 Å². The van der Waals surface area contributed by atoms with Gasteiger partial charge < -0.3 is 14.6 Å². The molecule has 2 N–H and O–H groups in total. The smallest absolute Gasteiger partial charge is 0.263 e. The van der Waals surface area contributed by atoms with Crippen LogP contribution >= 0.6 is 11.6 Å². The molecule has 1 aromatic heterocycles. The molecule has 0 aliphatic carbocycles. The van der Waals surface area contributed by atoms with Crippen LogP contribution in [0.25, 0.3) is 0 Å². The number of hydrogen-bond acceptors (Lipinski definition) is 5. The molecular weight excluding hydrogens is 486 g/mol. The quantitative estimate of drug-likeness (QED) is 0.396. The number of hydrogen-bond donors (Lipinski definition) is 2. The Labute approximate surface area is 212 Å². The lowest BCUT2D eigenvalue weighted by Gasteiger charge is -2.30. The molecule has 35 heavy (non-hydrogen) atoms. The van der Waals surface area contributed by atoms with Crippen molar-refractivity contribution in [3.8, 4) is 11.9 Å². The van der Waals surface area contributed by atoms with Crippen LogP contribution in [0.1, 0.15) is 43.4 Å². The maximum atomic E-state index is 13.2. The number of ether oxygens (including phenoxy) is 1.